The highest BCUT2D eigenvalue weighted by Crippen LogP contribution is 2.25. The maximum Gasteiger partial charge on any atom is 0.261 e. The van der Waals surface area contributed by atoms with Gasteiger partial charge in [0.15, 0.2) is 10.8 Å². The van der Waals surface area contributed by atoms with Gasteiger partial charge in [0.05, 0.1) is 40.8 Å². The molecular weight excluding hydrogens is 369 g/mol. The SMILES string of the molecule is O=c1c2cc(Cl)cc(Cl)c2ncn1Cc1csc(-c2ccco2)n1. The third-order valence-electron chi connectivity index (χ3n) is 3.46. The molecule has 0 unspecified atom stereocenters. The first-order valence-electron chi connectivity index (χ1n) is 6.94. The van der Waals surface area contributed by atoms with Crippen LogP contribution in [0.15, 0.2) is 51.4 Å². The average Bonchev–Trinajstić information content (AvgIpc) is 3.21. The van der Waals surface area contributed by atoms with E-state index >= 15 is 0 Å². The minimum atomic E-state index is -0.211. The van der Waals surface area contributed by atoms with E-state index in [1.807, 2.05) is 17.5 Å². The molecule has 4 rings (SSSR count). The van der Waals surface area contributed by atoms with E-state index < -0.39 is 0 Å². The molecule has 3 heterocycles. The summed E-state index contributed by atoms with van der Waals surface area (Å²) >= 11 is 13.5. The first kappa shape index (κ1) is 15.4. The molecule has 0 spiro atoms. The highest BCUT2D eigenvalue weighted by molar-refractivity contribution is 7.13. The molecule has 4 aromatic rings. The van der Waals surface area contributed by atoms with Crippen molar-refractivity contribution >= 4 is 45.4 Å². The summed E-state index contributed by atoms with van der Waals surface area (Å²) in [6.07, 6.45) is 3.07. The van der Waals surface area contributed by atoms with Crippen molar-refractivity contribution in [3.63, 3.8) is 0 Å². The van der Waals surface area contributed by atoms with Crippen LogP contribution in [0.1, 0.15) is 5.69 Å². The summed E-state index contributed by atoms with van der Waals surface area (Å²) in [7, 11) is 0. The largest absolute Gasteiger partial charge is 0.462 e. The lowest BCUT2D eigenvalue weighted by Gasteiger charge is -2.06. The smallest absolute Gasteiger partial charge is 0.261 e. The molecule has 0 radical (unpaired) electrons. The number of aromatic nitrogens is 3. The van der Waals surface area contributed by atoms with Crippen LogP contribution in [0.3, 0.4) is 0 Å². The van der Waals surface area contributed by atoms with Crippen LogP contribution >= 0.6 is 34.5 Å². The Morgan fingerprint density at radius 2 is 2.17 bits per heavy atom. The van der Waals surface area contributed by atoms with Gasteiger partial charge in [0.2, 0.25) is 0 Å². The Morgan fingerprint density at radius 1 is 1.29 bits per heavy atom. The van der Waals surface area contributed by atoms with E-state index in [4.69, 9.17) is 27.6 Å². The summed E-state index contributed by atoms with van der Waals surface area (Å²) < 4.78 is 6.81. The molecule has 0 fully saturated rings. The standard InChI is InChI=1S/C16H9Cl2N3O2S/c17-9-4-11-14(12(18)5-9)19-8-21(16(11)22)6-10-7-24-15(20-10)13-2-1-3-23-13/h1-5,7-8H,6H2. The van der Waals surface area contributed by atoms with E-state index in [1.54, 1.807) is 18.4 Å². The van der Waals surface area contributed by atoms with Crippen molar-refractivity contribution in [2.75, 3.05) is 0 Å². The number of hydrogen-bond acceptors (Lipinski definition) is 5. The Hall–Kier alpha value is -2.15. The molecule has 0 N–H and O–H groups in total. The lowest BCUT2D eigenvalue weighted by atomic mass is 10.2. The molecule has 0 bridgehead atoms. The Balaban J connectivity index is 1.73. The summed E-state index contributed by atoms with van der Waals surface area (Å²) in [5.74, 6) is 0.703. The van der Waals surface area contributed by atoms with E-state index in [1.165, 1.54) is 22.2 Å². The lowest BCUT2D eigenvalue weighted by molar-refractivity contribution is 0.581. The highest BCUT2D eigenvalue weighted by atomic mass is 35.5. The van der Waals surface area contributed by atoms with Crippen LogP contribution in [0, 0.1) is 0 Å². The van der Waals surface area contributed by atoms with Gasteiger partial charge in [-0.05, 0) is 24.3 Å². The normalized spacial score (nSPS) is 11.2. The zero-order valence-corrected chi connectivity index (χ0v) is 14.4. The summed E-state index contributed by atoms with van der Waals surface area (Å²) in [4.78, 5) is 21.4. The average molecular weight is 378 g/mol. The number of thiazole rings is 1. The molecule has 8 heteroatoms. The number of hydrogen-bond donors (Lipinski definition) is 0. The molecule has 1 aromatic carbocycles. The molecule has 120 valence electrons. The second kappa shape index (κ2) is 6.05. The first-order valence-corrected chi connectivity index (χ1v) is 8.58. The number of furan rings is 1. The van der Waals surface area contributed by atoms with Gasteiger partial charge in [-0.15, -0.1) is 11.3 Å². The van der Waals surface area contributed by atoms with Crippen molar-refractivity contribution in [3.8, 4) is 10.8 Å². The minimum Gasteiger partial charge on any atom is -0.462 e. The van der Waals surface area contributed by atoms with E-state index in [0.29, 0.717) is 33.3 Å². The Bertz CT molecular complexity index is 1090. The number of nitrogens with zero attached hydrogens (tertiary/aromatic N) is 3. The fourth-order valence-corrected chi connectivity index (χ4v) is 3.69. The van der Waals surface area contributed by atoms with Crippen molar-refractivity contribution in [1.82, 2.24) is 14.5 Å². The summed E-state index contributed by atoms with van der Waals surface area (Å²) in [5, 5.41) is 3.80. The van der Waals surface area contributed by atoms with Crippen molar-refractivity contribution in [2.45, 2.75) is 6.54 Å². The number of rotatable bonds is 3. The minimum absolute atomic E-state index is 0.211. The zero-order chi connectivity index (χ0) is 16.7. The maximum absolute atomic E-state index is 12.6. The van der Waals surface area contributed by atoms with Gasteiger partial charge in [0, 0.05) is 10.4 Å². The molecule has 0 saturated carbocycles. The zero-order valence-electron chi connectivity index (χ0n) is 12.1. The van der Waals surface area contributed by atoms with Gasteiger partial charge < -0.3 is 4.42 Å². The molecule has 0 atom stereocenters. The van der Waals surface area contributed by atoms with Gasteiger partial charge >= 0.3 is 0 Å². The fraction of sp³-hybridized carbons (Fsp3) is 0.0625. The van der Waals surface area contributed by atoms with Crippen LogP contribution in [-0.4, -0.2) is 14.5 Å². The number of fused-ring (bicyclic) bond motifs is 1. The van der Waals surface area contributed by atoms with Crippen LogP contribution in [0.4, 0.5) is 0 Å². The number of benzene rings is 1. The van der Waals surface area contributed by atoms with E-state index in [2.05, 4.69) is 9.97 Å². The van der Waals surface area contributed by atoms with Crippen molar-refractivity contribution in [3.05, 3.63) is 68.3 Å². The van der Waals surface area contributed by atoms with Gasteiger partial charge in [-0.2, -0.15) is 0 Å². The topological polar surface area (TPSA) is 60.9 Å². The molecule has 0 saturated heterocycles. The first-order chi connectivity index (χ1) is 11.6. The van der Waals surface area contributed by atoms with Gasteiger partial charge in [-0.1, -0.05) is 23.2 Å². The van der Waals surface area contributed by atoms with Crippen LogP contribution in [0.2, 0.25) is 10.0 Å². The highest BCUT2D eigenvalue weighted by Gasteiger charge is 2.11. The van der Waals surface area contributed by atoms with Crippen LogP contribution < -0.4 is 5.56 Å². The molecule has 24 heavy (non-hydrogen) atoms. The summed E-state index contributed by atoms with van der Waals surface area (Å²) in [6.45, 7) is 0.309. The predicted octanol–water partition coefficient (Wildman–Crippen LogP) is 4.47. The predicted molar refractivity (Wildman–Crippen MR) is 94.9 cm³/mol. The van der Waals surface area contributed by atoms with Gasteiger partial charge in [-0.25, -0.2) is 9.97 Å². The second-order valence-corrected chi connectivity index (χ2v) is 6.78. The second-order valence-electron chi connectivity index (χ2n) is 5.08. The van der Waals surface area contributed by atoms with Gasteiger partial charge in [0.1, 0.15) is 0 Å². The molecule has 0 aliphatic carbocycles. The van der Waals surface area contributed by atoms with Crippen LogP contribution in [0.5, 0.6) is 0 Å². The molecular formula is C16H9Cl2N3O2S. The Labute approximate surface area is 150 Å². The van der Waals surface area contributed by atoms with E-state index in [0.717, 1.165) is 10.7 Å². The van der Waals surface area contributed by atoms with Crippen LogP contribution in [0.25, 0.3) is 21.7 Å². The van der Waals surface area contributed by atoms with Crippen molar-refractivity contribution in [1.29, 1.82) is 0 Å². The molecule has 0 amide bonds. The van der Waals surface area contributed by atoms with E-state index in [9.17, 15) is 4.79 Å². The monoisotopic (exact) mass is 377 g/mol. The summed E-state index contributed by atoms with van der Waals surface area (Å²) in [6, 6.07) is 6.79. The lowest BCUT2D eigenvalue weighted by Crippen LogP contribution is -2.21. The fourth-order valence-electron chi connectivity index (χ4n) is 2.37. The van der Waals surface area contributed by atoms with Gasteiger partial charge in [-0.3, -0.25) is 9.36 Å². The number of halogens is 2. The Morgan fingerprint density at radius 3 is 2.96 bits per heavy atom. The molecule has 0 aliphatic heterocycles. The van der Waals surface area contributed by atoms with Crippen molar-refractivity contribution < 1.29 is 4.42 Å². The third-order valence-corrected chi connectivity index (χ3v) is 4.87. The summed E-state index contributed by atoms with van der Waals surface area (Å²) in [5.41, 5.74) is 0.983. The molecule has 3 aromatic heterocycles. The van der Waals surface area contributed by atoms with E-state index in [-0.39, 0.29) is 5.56 Å². The molecule has 5 nitrogen and oxygen atoms in total. The van der Waals surface area contributed by atoms with Crippen LogP contribution in [-0.2, 0) is 6.54 Å². The third kappa shape index (κ3) is 2.73. The Kier molecular flexibility index (Phi) is 3.88. The van der Waals surface area contributed by atoms with Gasteiger partial charge in [0.25, 0.3) is 5.56 Å². The maximum atomic E-state index is 12.6. The molecule has 0 aliphatic rings. The quantitative estimate of drug-likeness (QED) is 0.528. The van der Waals surface area contributed by atoms with Crippen molar-refractivity contribution in [2.24, 2.45) is 0 Å².